The summed E-state index contributed by atoms with van der Waals surface area (Å²) in [6.07, 6.45) is 0. The van der Waals surface area contributed by atoms with E-state index in [4.69, 9.17) is 4.74 Å². The number of aromatic amines is 1. The van der Waals surface area contributed by atoms with Gasteiger partial charge in [0, 0.05) is 22.4 Å². The van der Waals surface area contributed by atoms with Gasteiger partial charge >= 0.3 is 5.97 Å². The molecule has 0 amide bonds. The number of hydrogen-bond acceptors (Lipinski definition) is 8. The lowest BCUT2D eigenvalue weighted by Crippen LogP contribution is -2.25. The van der Waals surface area contributed by atoms with Crippen molar-refractivity contribution in [3.05, 3.63) is 46.1 Å². The molecule has 136 valence electrons. The van der Waals surface area contributed by atoms with Crippen LogP contribution in [0.15, 0.2) is 28.4 Å². The molecule has 9 heteroatoms. The van der Waals surface area contributed by atoms with E-state index in [0.717, 1.165) is 18.2 Å². The average molecular weight is 357 g/mol. The zero-order valence-electron chi connectivity index (χ0n) is 14.3. The Bertz CT molecular complexity index is 881. The van der Waals surface area contributed by atoms with Gasteiger partial charge in [-0.05, 0) is 39.0 Å². The van der Waals surface area contributed by atoms with E-state index in [9.17, 15) is 24.6 Å². The minimum absolute atomic E-state index is 0.0183. The summed E-state index contributed by atoms with van der Waals surface area (Å²) < 4.78 is 4.97. The van der Waals surface area contributed by atoms with Gasteiger partial charge in [0.15, 0.2) is 5.82 Å². The molecule has 0 fully saturated rings. The lowest BCUT2D eigenvalue weighted by atomic mass is 10.1. The number of ether oxygens (including phenoxy) is 1. The number of nitrogens with one attached hydrogen (secondary N) is 1. The topological polar surface area (TPSA) is 147 Å². The Morgan fingerprint density at radius 2 is 1.62 bits per heavy atom. The van der Waals surface area contributed by atoms with Gasteiger partial charge in [-0.1, -0.05) is 0 Å². The largest absolute Gasteiger partial charge is 0.545 e. The Morgan fingerprint density at radius 3 is 2.12 bits per heavy atom. The van der Waals surface area contributed by atoms with Crippen molar-refractivity contribution in [2.45, 2.75) is 20.8 Å². The first-order valence-corrected chi connectivity index (χ1v) is 7.60. The molecule has 9 nitrogen and oxygen atoms in total. The third-order valence-electron chi connectivity index (χ3n) is 3.55. The number of carboxylic acid groups (broad SMARTS) is 2. The second-order valence-electron chi connectivity index (χ2n) is 5.36. The minimum Gasteiger partial charge on any atom is -0.545 e. The highest BCUT2D eigenvalue weighted by Crippen LogP contribution is 2.27. The van der Waals surface area contributed by atoms with E-state index in [0.29, 0.717) is 16.8 Å². The fraction of sp³-hybridized carbons (Fsp3) is 0.235. The Balaban J connectivity index is 2.41. The maximum absolute atomic E-state index is 12.0. The third kappa shape index (κ3) is 3.94. The van der Waals surface area contributed by atoms with Crippen molar-refractivity contribution in [1.82, 2.24) is 4.98 Å². The van der Waals surface area contributed by atoms with Gasteiger partial charge in [0.05, 0.1) is 29.8 Å². The monoisotopic (exact) mass is 357 g/mol. The zero-order chi connectivity index (χ0) is 19.4. The minimum atomic E-state index is -1.55. The van der Waals surface area contributed by atoms with Gasteiger partial charge in [0.1, 0.15) is 0 Å². The standard InChI is InChI=1S/C17H17N3O6/c1-4-26-17(25)13-8(2)14(18-9(13)3)20-19-12-6-10(15(21)22)5-11(7-12)16(23)24/h5-7,18H,4H2,1-3H3,(H,21,22)(H,23,24)/p-2. The number of azo groups is 1. The fourth-order valence-electron chi connectivity index (χ4n) is 2.36. The van der Waals surface area contributed by atoms with Gasteiger partial charge < -0.3 is 29.5 Å². The molecule has 1 aromatic heterocycles. The molecule has 2 aromatic rings. The highest BCUT2D eigenvalue weighted by Gasteiger charge is 2.19. The number of esters is 1. The predicted octanol–water partition coefficient (Wildman–Crippen LogP) is 0.951. The average Bonchev–Trinajstić information content (AvgIpc) is 2.86. The number of benzene rings is 1. The lowest BCUT2D eigenvalue weighted by molar-refractivity contribution is -0.255. The van der Waals surface area contributed by atoms with E-state index in [-0.39, 0.29) is 29.2 Å². The predicted molar refractivity (Wildman–Crippen MR) is 85.5 cm³/mol. The maximum atomic E-state index is 12.0. The van der Waals surface area contributed by atoms with E-state index >= 15 is 0 Å². The summed E-state index contributed by atoms with van der Waals surface area (Å²) in [6.45, 7) is 5.23. The summed E-state index contributed by atoms with van der Waals surface area (Å²) in [5, 5.41) is 29.8. The van der Waals surface area contributed by atoms with Crippen molar-refractivity contribution in [3.8, 4) is 0 Å². The molecule has 0 aliphatic carbocycles. The Kier molecular flexibility index (Phi) is 5.51. The third-order valence-corrected chi connectivity index (χ3v) is 3.55. The van der Waals surface area contributed by atoms with Crippen LogP contribution in [0.2, 0.25) is 0 Å². The van der Waals surface area contributed by atoms with Crippen molar-refractivity contribution >= 4 is 29.4 Å². The number of carboxylic acids is 2. The molecule has 26 heavy (non-hydrogen) atoms. The van der Waals surface area contributed by atoms with Crippen molar-refractivity contribution in [3.63, 3.8) is 0 Å². The van der Waals surface area contributed by atoms with Crippen LogP contribution >= 0.6 is 0 Å². The Morgan fingerprint density at radius 1 is 1.04 bits per heavy atom. The first-order chi connectivity index (χ1) is 12.2. The van der Waals surface area contributed by atoms with Crippen LogP contribution < -0.4 is 10.2 Å². The number of rotatable bonds is 6. The Labute approximate surface area is 148 Å². The molecule has 0 saturated heterocycles. The van der Waals surface area contributed by atoms with Gasteiger partial charge in [0.25, 0.3) is 0 Å². The molecule has 0 aliphatic heterocycles. The van der Waals surface area contributed by atoms with Crippen LogP contribution in [0.3, 0.4) is 0 Å². The van der Waals surface area contributed by atoms with Crippen LogP contribution in [-0.4, -0.2) is 29.5 Å². The molecule has 0 atom stereocenters. The number of aromatic carboxylic acids is 2. The molecular formula is C17H15N3O6-2. The van der Waals surface area contributed by atoms with Crippen molar-refractivity contribution in [2.75, 3.05) is 6.61 Å². The smallest absolute Gasteiger partial charge is 0.340 e. The molecular weight excluding hydrogens is 342 g/mol. The molecule has 0 aliphatic rings. The molecule has 1 aromatic carbocycles. The van der Waals surface area contributed by atoms with Gasteiger partial charge in [-0.15, -0.1) is 10.2 Å². The number of hydrogen-bond donors (Lipinski definition) is 1. The van der Waals surface area contributed by atoms with Gasteiger partial charge in [-0.25, -0.2) is 4.79 Å². The molecule has 0 unspecified atom stereocenters. The van der Waals surface area contributed by atoms with Crippen molar-refractivity contribution in [1.29, 1.82) is 0 Å². The number of nitrogens with zero attached hydrogens (tertiary/aromatic N) is 2. The molecule has 0 bridgehead atoms. The van der Waals surface area contributed by atoms with Crippen LogP contribution in [0.1, 0.15) is 49.3 Å². The molecule has 1 heterocycles. The van der Waals surface area contributed by atoms with E-state index in [2.05, 4.69) is 15.2 Å². The van der Waals surface area contributed by atoms with Gasteiger partial charge in [-0.3, -0.25) is 0 Å². The van der Waals surface area contributed by atoms with Crippen LogP contribution in [0, 0.1) is 13.8 Å². The van der Waals surface area contributed by atoms with Crippen LogP contribution in [0.5, 0.6) is 0 Å². The highest BCUT2D eigenvalue weighted by atomic mass is 16.5. The summed E-state index contributed by atoms with van der Waals surface area (Å²) in [7, 11) is 0. The number of aromatic nitrogens is 1. The SMILES string of the molecule is CCOC(=O)c1c(C)[nH]c(N=Nc2cc(C(=O)[O-])cc(C(=O)[O-])c2)c1C. The number of carbonyl (C=O) groups excluding carboxylic acids is 3. The second kappa shape index (κ2) is 7.60. The van der Waals surface area contributed by atoms with Crippen LogP contribution in [-0.2, 0) is 4.74 Å². The van der Waals surface area contributed by atoms with E-state index in [1.807, 2.05) is 0 Å². The maximum Gasteiger partial charge on any atom is 0.340 e. The number of H-pyrrole nitrogens is 1. The summed E-state index contributed by atoms with van der Waals surface area (Å²) in [4.78, 5) is 36.8. The molecule has 0 saturated carbocycles. The van der Waals surface area contributed by atoms with Crippen molar-refractivity contribution in [2.24, 2.45) is 10.2 Å². The summed E-state index contributed by atoms with van der Waals surface area (Å²) in [5.74, 6) is -3.35. The lowest BCUT2D eigenvalue weighted by Gasteiger charge is -2.08. The molecule has 1 N–H and O–H groups in total. The summed E-state index contributed by atoms with van der Waals surface area (Å²) in [5.41, 5.74) is 0.615. The first-order valence-electron chi connectivity index (χ1n) is 7.60. The quantitative estimate of drug-likeness (QED) is 0.601. The van der Waals surface area contributed by atoms with Crippen molar-refractivity contribution < 1.29 is 29.3 Å². The van der Waals surface area contributed by atoms with E-state index in [1.54, 1.807) is 20.8 Å². The normalized spacial score (nSPS) is 10.9. The van der Waals surface area contributed by atoms with E-state index < -0.39 is 17.9 Å². The Hall–Kier alpha value is -3.49. The van der Waals surface area contributed by atoms with Crippen LogP contribution in [0.25, 0.3) is 0 Å². The summed E-state index contributed by atoms with van der Waals surface area (Å²) in [6, 6.07) is 3.14. The zero-order valence-corrected chi connectivity index (χ0v) is 14.3. The number of carbonyl (C=O) groups is 3. The second-order valence-corrected chi connectivity index (χ2v) is 5.36. The van der Waals surface area contributed by atoms with Gasteiger partial charge in [-0.2, -0.15) is 0 Å². The van der Waals surface area contributed by atoms with Crippen LogP contribution in [0.4, 0.5) is 11.5 Å². The summed E-state index contributed by atoms with van der Waals surface area (Å²) >= 11 is 0. The first kappa shape index (κ1) is 18.8. The molecule has 0 radical (unpaired) electrons. The molecule has 0 spiro atoms. The highest BCUT2D eigenvalue weighted by molar-refractivity contribution is 5.94. The number of aryl methyl sites for hydroxylation is 1. The van der Waals surface area contributed by atoms with E-state index in [1.165, 1.54) is 0 Å². The van der Waals surface area contributed by atoms with Gasteiger partial charge in [0.2, 0.25) is 0 Å². The fourth-order valence-corrected chi connectivity index (χ4v) is 2.36. The molecule has 2 rings (SSSR count).